The molecule has 1 aromatic carbocycles. The number of halogens is 3. The summed E-state index contributed by atoms with van der Waals surface area (Å²) < 4.78 is 42.3. The van der Waals surface area contributed by atoms with E-state index in [2.05, 4.69) is 9.64 Å². The molecule has 0 unspecified atom stereocenters. The summed E-state index contributed by atoms with van der Waals surface area (Å²) in [5, 5.41) is 0. The first-order valence-corrected chi connectivity index (χ1v) is 7.57. The van der Waals surface area contributed by atoms with Crippen LogP contribution in [0.5, 0.6) is 5.75 Å². The molecule has 0 aromatic heterocycles. The van der Waals surface area contributed by atoms with E-state index in [1.54, 1.807) is 6.07 Å². The van der Waals surface area contributed by atoms with Crippen molar-refractivity contribution in [3.63, 3.8) is 0 Å². The topological polar surface area (TPSA) is 12.5 Å². The molecule has 2 nitrogen and oxygen atoms in total. The fourth-order valence-corrected chi connectivity index (χ4v) is 2.25. The number of hydrogen-bond acceptors (Lipinski definition) is 2. The van der Waals surface area contributed by atoms with Crippen molar-refractivity contribution in [2.75, 3.05) is 6.54 Å². The van der Waals surface area contributed by atoms with Crippen LogP contribution < -0.4 is 4.74 Å². The normalized spacial score (nSPS) is 13.0. The van der Waals surface area contributed by atoms with Gasteiger partial charge in [-0.05, 0) is 37.4 Å². The maximum absolute atomic E-state index is 12.7. The summed E-state index contributed by atoms with van der Waals surface area (Å²) in [4.78, 5) is 2.09. The number of benzene rings is 1. The summed E-state index contributed by atoms with van der Waals surface area (Å²) in [7, 11) is 0. The Balaban J connectivity index is 3.20. The van der Waals surface area contributed by atoms with Gasteiger partial charge in [0.1, 0.15) is 5.75 Å². The molecule has 0 fully saturated rings. The van der Waals surface area contributed by atoms with Gasteiger partial charge < -0.3 is 4.74 Å². The van der Waals surface area contributed by atoms with E-state index in [9.17, 15) is 13.2 Å². The fraction of sp³-hybridized carbons (Fsp3) is 0.647. The average Bonchev–Trinajstić information content (AvgIpc) is 2.33. The van der Waals surface area contributed by atoms with Gasteiger partial charge in [0, 0.05) is 18.2 Å². The van der Waals surface area contributed by atoms with E-state index in [-0.39, 0.29) is 17.2 Å². The minimum Gasteiger partial charge on any atom is -0.405 e. The van der Waals surface area contributed by atoms with Gasteiger partial charge in [-0.25, -0.2) is 0 Å². The van der Waals surface area contributed by atoms with Crippen LogP contribution in [0.1, 0.15) is 52.7 Å². The summed E-state index contributed by atoms with van der Waals surface area (Å²) in [5.41, 5.74) is 1.15. The fourth-order valence-electron chi connectivity index (χ4n) is 2.25. The molecule has 0 spiro atoms. The van der Waals surface area contributed by atoms with E-state index in [1.165, 1.54) is 6.07 Å². The summed E-state index contributed by atoms with van der Waals surface area (Å²) in [6.45, 7) is 13.1. The maximum atomic E-state index is 12.7. The van der Waals surface area contributed by atoms with Gasteiger partial charge in [-0.15, -0.1) is 13.2 Å². The lowest BCUT2D eigenvalue weighted by Crippen LogP contribution is -2.30. The molecule has 0 amide bonds. The van der Waals surface area contributed by atoms with Crippen LogP contribution in [0.4, 0.5) is 13.2 Å². The Morgan fingerprint density at radius 3 is 2.14 bits per heavy atom. The third kappa shape index (κ3) is 5.52. The van der Waals surface area contributed by atoms with Crippen molar-refractivity contribution in [2.24, 2.45) is 0 Å². The van der Waals surface area contributed by atoms with Crippen molar-refractivity contribution in [2.45, 2.75) is 65.9 Å². The van der Waals surface area contributed by atoms with E-state index in [1.807, 2.05) is 47.6 Å². The van der Waals surface area contributed by atoms with Crippen LogP contribution in [0.15, 0.2) is 18.2 Å². The Morgan fingerprint density at radius 2 is 1.73 bits per heavy atom. The first kappa shape index (κ1) is 18.8. The van der Waals surface area contributed by atoms with Gasteiger partial charge >= 0.3 is 6.36 Å². The molecule has 0 aliphatic heterocycles. The van der Waals surface area contributed by atoms with Crippen LogP contribution in [0.25, 0.3) is 0 Å². The highest BCUT2D eigenvalue weighted by Gasteiger charge is 2.33. The highest BCUT2D eigenvalue weighted by molar-refractivity contribution is 5.40. The van der Waals surface area contributed by atoms with Gasteiger partial charge in [0.25, 0.3) is 0 Å². The molecule has 22 heavy (non-hydrogen) atoms. The van der Waals surface area contributed by atoms with Crippen LogP contribution in [0, 0.1) is 0 Å². The maximum Gasteiger partial charge on any atom is 0.573 e. The standard InChI is InChI=1S/C17H26F3NO/c1-7-21(12(2)3)11-13-8-9-14(16(4,5)6)10-15(13)22-17(18,19)20/h8-10,12H,7,11H2,1-6H3. The third-order valence-corrected chi connectivity index (χ3v) is 3.67. The zero-order valence-corrected chi connectivity index (χ0v) is 14.2. The van der Waals surface area contributed by atoms with Gasteiger partial charge in [0.05, 0.1) is 0 Å². The minimum absolute atomic E-state index is 0.0981. The van der Waals surface area contributed by atoms with E-state index >= 15 is 0 Å². The van der Waals surface area contributed by atoms with Crippen LogP contribution in [-0.2, 0) is 12.0 Å². The van der Waals surface area contributed by atoms with E-state index in [0.717, 1.165) is 12.1 Å². The molecule has 0 N–H and O–H groups in total. The van der Waals surface area contributed by atoms with Crippen molar-refractivity contribution < 1.29 is 17.9 Å². The Labute approximate surface area is 131 Å². The second-order valence-corrected chi connectivity index (χ2v) is 6.78. The smallest absolute Gasteiger partial charge is 0.405 e. The van der Waals surface area contributed by atoms with Crippen LogP contribution in [-0.4, -0.2) is 23.8 Å². The average molecular weight is 317 g/mol. The first-order valence-electron chi connectivity index (χ1n) is 7.57. The molecule has 1 aromatic rings. The second-order valence-electron chi connectivity index (χ2n) is 6.78. The van der Waals surface area contributed by atoms with Crippen LogP contribution in [0.2, 0.25) is 0 Å². The molecule has 0 atom stereocenters. The number of rotatable bonds is 5. The molecule has 0 saturated heterocycles. The minimum atomic E-state index is -4.68. The molecule has 126 valence electrons. The summed E-state index contributed by atoms with van der Waals surface area (Å²) in [6.07, 6.45) is -4.68. The molecule has 0 aliphatic rings. The Morgan fingerprint density at radius 1 is 1.14 bits per heavy atom. The lowest BCUT2D eigenvalue weighted by molar-refractivity contribution is -0.275. The zero-order valence-electron chi connectivity index (χ0n) is 14.2. The molecule has 0 heterocycles. The summed E-state index contributed by atoms with van der Waals surface area (Å²) >= 11 is 0. The third-order valence-electron chi connectivity index (χ3n) is 3.67. The number of ether oxygens (including phenoxy) is 1. The predicted molar refractivity (Wildman–Crippen MR) is 83.0 cm³/mol. The molecule has 0 aliphatic carbocycles. The summed E-state index contributed by atoms with van der Waals surface area (Å²) in [5.74, 6) is -0.0981. The summed E-state index contributed by atoms with van der Waals surface area (Å²) in [6, 6.07) is 5.39. The Hall–Kier alpha value is -1.23. The molecule has 0 saturated carbocycles. The molecule has 0 bridgehead atoms. The van der Waals surface area contributed by atoms with E-state index in [4.69, 9.17) is 0 Å². The number of alkyl halides is 3. The first-order chi connectivity index (χ1) is 9.94. The monoisotopic (exact) mass is 317 g/mol. The number of hydrogen-bond donors (Lipinski definition) is 0. The highest BCUT2D eigenvalue weighted by Crippen LogP contribution is 2.33. The Bertz CT molecular complexity index is 490. The van der Waals surface area contributed by atoms with Crippen molar-refractivity contribution in [1.82, 2.24) is 4.90 Å². The second kappa shape index (κ2) is 6.90. The molecule has 0 radical (unpaired) electrons. The van der Waals surface area contributed by atoms with Gasteiger partial charge in [0.2, 0.25) is 0 Å². The number of nitrogens with zero attached hydrogens (tertiary/aromatic N) is 1. The van der Waals surface area contributed by atoms with Gasteiger partial charge in [-0.1, -0.05) is 39.8 Å². The molecular weight excluding hydrogens is 291 g/mol. The molecular formula is C17H26F3NO. The van der Waals surface area contributed by atoms with Crippen molar-refractivity contribution >= 4 is 0 Å². The van der Waals surface area contributed by atoms with Gasteiger partial charge in [0.15, 0.2) is 0 Å². The lowest BCUT2D eigenvalue weighted by atomic mass is 9.86. The van der Waals surface area contributed by atoms with Gasteiger partial charge in [-0.3, -0.25) is 4.90 Å². The highest BCUT2D eigenvalue weighted by atomic mass is 19.4. The van der Waals surface area contributed by atoms with Crippen LogP contribution in [0.3, 0.4) is 0 Å². The SMILES string of the molecule is CCN(Cc1ccc(C(C)(C)C)cc1OC(F)(F)F)C(C)C. The lowest BCUT2D eigenvalue weighted by Gasteiger charge is -2.27. The quantitative estimate of drug-likeness (QED) is 0.748. The Kier molecular flexibility index (Phi) is 5.90. The van der Waals surface area contributed by atoms with Crippen molar-refractivity contribution in [1.29, 1.82) is 0 Å². The van der Waals surface area contributed by atoms with E-state index in [0.29, 0.717) is 12.1 Å². The largest absolute Gasteiger partial charge is 0.573 e. The van der Waals surface area contributed by atoms with E-state index < -0.39 is 6.36 Å². The van der Waals surface area contributed by atoms with Crippen molar-refractivity contribution in [3.8, 4) is 5.75 Å². The zero-order chi connectivity index (χ0) is 17.1. The van der Waals surface area contributed by atoms with Gasteiger partial charge in [-0.2, -0.15) is 0 Å². The molecule has 1 rings (SSSR count). The van der Waals surface area contributed by atoms with Crippen LogP contribution >= 0.6 is 0 Å². The predicted octanol–water partition coefficient (Wildman–Crippen LogP) is 5.11. The molecule has 5 heteroatoms. The van der Waals surface area contributed by atoms with Crippen molar-refractivity contribution in [3.05, 3.63) is 29.3 Å².